The van der Waals surface area contributed by atoms with Crippen molar-refractivity contribution in [3.63, 3.8) is 0 Å². The van der Waals surface area contributed by atoms with E-state index in [0.29, 0.717) is 12.6 Å². The van der Waals surface area contributed by atoms with Gasteiger partial charge in [0.05, 0.1) is 0 Å². The zero-order valence-electron chi connectivity index (χ0n) is 11.6. The minimum atomic E-state index is -4.90. The van der Waals surface area contributed by atoms with Gasteiger partial charge >= 0.3 is 6.18 Å². The molecule has 0 aliphatic carbocycles. The van der Waals surface area contributed by atoms with Gasteiger partial charge in [0.2, 0.25) is 6.10 Å². The van der Waals surface area contributed by atoms with E-state index in [4.69, 9.17) is 9.29 Å². The lowest BCUT2D eigenvalue weighted by molar-refractivity contribution is -0.188. The highest BCUT2D eigenvalue weighted by molar-refractivity contribution is 7.85. The molecule has 1 N–H and O–H groups in total. The lowest BCUT2D eigenvalue weighted by Crippen LogP contribution is -2.40. The van der Waals surface area contributed by atoms with Crippen molar-refractivity contribution < 1.29 is 30.9 Å². The topological polar surface area (TPSA) is 63.6 Å². The molecule has 0 aliphatic rings. The molecule has 0 bridgehead atoms. The number of benzene rings is 1. The number of hydrogen-bond donors (Lipinski definition) is 1. The van der Waals surface area contributed by atoms with Crippen molar-refractivity contribution in [2.45, 2.75) is 24.9 Å². The first-order valence-electron chi connectivity index (χ1n) is 6.36. The van der Waals surface area contributed by atoms with Crippen LogP contribution >= 0.6 is 0 Å². The van der Waals surface area contributed by atoms with Crippen molar-refractivity contribution in [1.29, 1.82) is 0 Å². The third-order valence-corrected chi connectivity index (χ3v) is 3.57. The maximum Gasteiger partial charge on any atom is 0.426 e. The first kappa shape index (κ1) is 17.9. The average Bonchev–Trinajstić information content (AvgIpc) is 2.34. The van der Waals surface area contributed by atoms with Gasteiger partial charge in [0.15, 0.2) is 0 Å². The highest BCUT2D eigenvalue weighted by Gasteiger charge is 2.44. The Bertz CT molecular complexity index is 567. The zero-order valence-corrected chi connectivity index (χ0v) is 12.5. The van der Waals surface area contributed by atoms with E-state index in [1.165, 1.54) is 12.1 Å². The third kappa shape index (κ3) is 6.01. The molecule has 4 nitrogen and oxygen atoms in total. The molecule has 21 heavy (non-hydrogen) atoms. The third-order valence-electron chi connectivity index (χ3n) is 2.85. The Morgan fingerprint density at radius 1 is 1.14 bits per heavy atom. The molecule has 1 unspecified atom stereocenters. The van der Waals surface area contributed by atoms with Crippen LogP contribution in [-0.2, 0) is 22.8 Å². The van der Waals surface area contributed by atoms with Gasteiger partial charge in [-0.05, 0) is 12.1 Å². The summed E-state index contributed by atoms with van der Waals surface area (Å²) in [5.41, 5.74) is 1.58. The maximum absolute atomic E-state index is 12.8. The molecule has 1 aromatic carbocycles. The molecule has 0 saturated heterocycles. The Labute approximate surface area is 123 Å². The molecule has 116 valence electrons. The van der Waals surface area contributed by atoms with E-state index >= 15 is 0 Å². The number of alkyl halides is 3. The van der Waals surface area contributed by atoms with Crippen molar-refractivity contribution in [2.75, 3.05) is 5.75 Å². The van der Waals surface area contributed by atoms with E-state index in [9.17, 15) is 21.6 Å². The maximum atomic E-state index is 12.8. The fraction of sp³-hybridized carbons (Fsp3) is 0.455. The van der Waals surface area contributed by atoms with Crippen LogP contribution in [0.3, 0.4) is 0 Å². The normalized spacial score (nSPS) is 13.9. The van der Waals surface area contributed by atoms with Gasteiger partial charge in [-0.25, -0.2) is 0 Å². The lowest BCUT2D eigenvalue weighted by atomic mass is 9.91. The van der Waals surface area contributed by atoms with E-state index in [1.807, 2.05) is 21.8 Å². The van der Waals surface area contributed by atoms with Crippen molar-refractivity contribution in [3.05, 3.63) is 29.3 Å². The van der Waals surface area contributed by atoms with Crippen LogP contribution < -0.4 is 4.74 Å². The molecule has 0 aliphatic heterocycles. The Morgan fingerprint density at radius 2 is 1.62 bits per heavy atom. The second-order valence-electron chi connectivity index (χ2n) is 4.59. The summed E-state index contributed by atoms with van der Waals surface area (Å²) >= 11 is 0. The van der Waals surface area contributed by atoms with Crippen LogP contribution in [0, 0.1) is 0 Å². The smallest absolute Gasteiger partial charge is 0.426 e. The molecule has 10 heteroatoms. The van der Waals surface area contributed by atoms with Crippen LogP contribution in [0.1, 0.15) is 11.1 Å². The highest BCUT2D eigenvalue weighted by Crippen LogP contribution is 2.27. The van der Waals surface area contributed by atoms with Crippen LogP contribution in [0.4, 0.5) is 13.2 Å². The van der Waals surface area contributed by atoms with Gasteiger partial charge in [-0.2, -0.15) is 21.6 Å². The molecular formula is C11H15B2F3O4S. The van der Waals surface area contributed by atoms with Crippen LogP contribution in [0.2, 0.25) is 0 Å². The first-order chi connectivity index (χ1) is 9.55. The van der Waals surface area contributed by atoms with Gasteiger partial charge in [-0.1, -0.05) is 29.8 Å². The molecule has 0 amide bonds. The molecule has 0 spiro atoms. The van der Waals surface area contributed by atoms with Crippen molar-refractivity contribution >= 4 is 25.8 Å². The molecule has 1 atom stereocenters. The summed E-state index contributed by atoms with van der Waals surface area (Å²) in [6.07, 6.45) is -6.28. The van der Waals surface area contributed by atoms with Gasteiger partial charge in [-0.3, -0.25) is 4.55 Å². The van der Waals surface area contributed by atoms with Crippen LogP contribution in [0.25, 0.3) is 0 Å². The van der Waals surface area contributed by atoms with Gasteiger partial charge in [0.1, 0.15) is 27.2 Å². The average molecular weight is 322 g/mol. The minimum Gasteiger partial charge on any atom is -0.480 e. The second-order valence-corrected chi connectivity index (χ2v) is 6.09. The van der Waals surface area contributed by atoms with E-state index in [0.717, 1.165) is 11.1 Å². The van der Waals surface area contributed by atoms with Crippen LogP contribution in [0.15, 0.2) is 18.2 Å². The van der Waals surface area contributed by atoms with E-state index < -0.39 is 28.2 Å². The monoisotopic (exact) mass is 322 g/mol. The molecule has 1 rings (SSSR count). The summed E-state index contributed by atoms with van der Waals surface area (Å²) in [6, 6.07) is 4.71. The SMILES string of the molecule is BCc1cc(CB)cc(OC(CS(=O)(=O)O)C(F)(F)F)c1. The predicted molar refractivity (Wildman–Crippen MR) is 77.8 cm³/mol. The summed E-state index contributed by atoms with van der Waals surface area (Å²) < 4.78 is 73.2. The first-order valence-corrected chi connectivity index (χ1v) is 7.97. The molecule has 1 aromatic rings. The summed E-state index contributed by atoms with van der Waals surface area (Å²) in [6.45, 7) is 0. The standard InChI is InChI=1S/C11H15B2F3O4S/c12-4-7-1-8(5-13)3-9(2-7)20-10(11(14,15)16)6-21(17,18)19/h1-3,10H,4-6,12-13H2,(H,17,18,19). The summed E-state index contributed by atoms with van der Waals surface area (Å²) in [4.78, 5) is 0. The summed E-state index contributed by atoms with van der Waals surface area (Å²) in [7, 11) is -1.11. The van der Waals surface area contributed by atoms with Gasteiger partial charge in [0.25, 0.3) is 10.1 Å². The molecule has 0 fully saturated rings. The fourth-order valence-corrected chi connectivity index (χ4v) is 2.40. The summed E-state index contributed by atoms with van der Waals surface area (Å²) in [5, 5.41) is 0. The predicted octanol–water partition coefficient (Wildman–Crippen LogP) is 0.150. The molecule has 0 heterocycles. The van der Waals surface area contributed by atoms with Crippen molar-refractivity contribution in [2.24, 2.45) is 0 Å². The van der Waals surface area contributed by atoms with Crippen molar-refractivity contribution in [1.82, 2.24) is 0 Å². The Balaban J connectivity index is 3.08. The zero-order chi connectivity index (χ0) is 16.3. The molecule has 0 aromatic heterocycles. The van der Waals surface area contributed by atoms with E-state index in [-0.39, 0.29) is 5.75 Å². The Hall–Kier alpha value is -1.15. The lowest BCUT2D eigenvalue weighted by Gasteiger charge is -2.21. The van der Waals surface area contributed by atoms with Gasteiger partial charge in [-0.15, -0.1) is 0 Å². The van der Waals surface area contributed by atoms with Gasteiger partial charge < -0.3 is 4.74 Å². The van der Waals surface area contributed by atoms with Gasteiger partial charge in [0, 0.05) is 0 Å². The summed E-state index contributed by atoms with van der Waals surface area (Å²) in [5.74, 6) is -1.59. The van der Waals surface area contributed by atoms with E-state index in [2.05, 4.69) is 0 Å². The quantitative estimate of drug-likeness (QED) is 0.598. The molecule has 0 saturated carbocycles. The number of ether oxygens (including phenoxy) is 1. The Kier molecular flexibility index (Phi) is 5.75. The van der Waals surface area contributed by atoms with Crippen LogP contribution in [-0.4, -0.2) is 46.7 Å². The largest absolute Gasteiger partial charge is 0.480 e. The molecule has 0 radical (unpaired) electrons. The Morgan fingerprint density at radius 3 is 1.95 bits per heavy atom. The highest BCUT2D eigenvalue weighted by atomic mass is 32.2. The number of rotatable bonds is 6. The number of hydrogen-bond acceptors (Lipinski definition) is 3. The second kappa shape index (κ2) is 6.74. The number of halogens is 3. The van der Waals surface area contributed by atoms with Crippen LogP contribution in [0.5, 0.6) is 5.75 Å². The minimum absolute atomic E-state index is 0.0582. The molecular weight excluding hydrogens is 307 g/mol. The fourth-order valence-electron chi connectivity index (χ4n) is 1.76. The van der Waals surface area contributed by atoms with E-state index in [1.54, 1.807) is 0 Å². The van der Waals surface area contributed by atoms with Crippen molar-refractivity contribution in [3.8, 4) is 5.75 Å².